The van der Waals surface area contributed by atoms with Gasteiger partial charge in [0, 0.05) is 0 Å². The van der Waals surface area contributed by atoms with Crippen LogP contribution in [0.15, 0.2) is 18.2 Å². The zero-order valence-electron chi connectivity index (χ0n) is 14.0. The Balaban J connectivity index is 2.25. The average Bonchev–Trinajstić information content (AvgIpc) is 3.02. The number of rotatable bonds is 3. The third kappa shape index (κ3) is 2.36. The lowest BCUT2D eigenvalue weighted by Crippen LogP contribution is -2.45. The molecule has 115 valence electrons. The van der Waals surface area contributed by atoms with Gasteiger partial charge in [0.05, 0.1) is 17.1 Å². The summed E-state index contributed by atoms with van der Waals surface area (Å²) < 4.78 is 5.94. The van der Waals surface area contributed by atoms with Gasteiger partial charge in [-0.15, -0.1) is 0 Å². The fraction of sp³-hybridized carbons (Fsp3) is 0.400. The summed E-state index contributed by atoms with van der Waals surface area (Å²) in [6, 6.07) is 6.22. The van der Waals surface area contributed by atoms with Crippen LogP contribution in [0.1, 0.15) is 34.2 Å². The SMILES string of the molecule is Cc1cc(C)n([B-](n2nc(C)cc2C)n2nc(C)cc2C)n1. The molecule has 0 spiro atoms. The molecule has 3 aromatic rings. The maximum Gasteiger partial charge on any atom is 0.261 e. The van der Waals surface area contributed by atoms with Gasteiger partial charge in [0.1, 0.15) is 0 Å². The van der Waals surface area contributed by atoms with Crippen LogP contribution in [-0.2, 0) is 0 Å². The van der Waals surface area contributed by atoms with Crippen LogP contribution in [-0.4, -0.2) is 36.2 Å². The van der Waals surface area contributed by atoms with Crippen molar-refractivity contribution in [2.45, 2.75) is 41.5 Å². The van der Waals surface area contributed by atoms with Crippen LogP contribution in [0, 0.1) is 41.5 Å². The first-order valence-electron chi connectivity index (χ1n) is 7.45. The minimum Gasteiger partial charge on any atom is -0.422 e. The molecule has 0 N–H and O–H groups in total. The Morgan fingerprint density at radius 1 is 0.591 bits per heavy atom. The molecule has 0 aliphatic rings. The van der Waals surface area contributed by atoms with Crippen molar-refractivity contribution < 1.29 is 0 Å². The van der Waals surface area contributed by atoms with Crippen LogP contribution in [0.25, 0.3) is 0 Å². The van der Waals surface area contributed by atoms with Gasteiger partial charge >= 0.3 is 0 Å². The van der Waals surface area contributed by atoms with Crippen LogP contribution in [0.2, 0.25) is 0 Å². The summed E-state index contributed by atoms with van der Waals surface area (Å²) in [5.41, 5.74) is 6.23. The van der Waals surface area contributed by atoms with E-state index in [1.54, 1.807) is 0 Å². The van der Waals surface area contributed by atoms with Crippen LogP contribution >= 0.6 is 0 Å². The van der Waals surface area contributed by atoms with Gasteiger partial charge in [0.2, 0.25) is 0 Å². The molecule has 6 nitrogen and oxygen atoms in total. The fourth-order valence-corrected chi connectivity index (χ4v) is 2.95. The maximum atomic E-state index is 4.66. The van der Waals surface area contributed by atoms with Crippen molar-refractivity contribution in [3.63, 3.8) is 0 Å². The normalized spacial score (nSPS) is 11.6. The summed E-state index contributed by atoms with van der Waals surface area (Å²) >= 11 is 0. The molecule has 3 heterocycles. The highest BCUT2D eigenvalue weighted by molar-refractivity contribution is 6.53. The van der Waals surface area contributed by atoms with Gasteiger partial charge in [0.25, 0.3) is 7.12 Å². The molecule has 0 fully saturated rings. The lowest BCUT2D eigenvalue weighted by Gasteiger charge is -2.33. The Morgan fingerprint density at radius 3 is 1.05 bits per heavy atom. The largest absolute Gasteiger partial charge is 0.422 e. The first-order valence-corrected chi connectivity index (χ1v) is 7.45. The van der Waals surface area contributed by atoms with E-state index >= 15 is 0 Å². The number of nitrogens with zero attached hydrogens (tertiary/aromatic N) is 6. The van der Waals surface area contributed by atoms with Crippen molar-refractivity contribution in [3.05, 3.63) is 52.4 Å². The molecule has 0 aliphatic carbocycles. The molecule has 0 amide bonds. The first kappa shape index (κ1) is 14.6. The van der Waals surface area contributed by atoms with Crippen LogP contribution < -0.4 is 0 Å². The van der Waals surface area contributed by atoms with E-state index in [2.05, 4.69) is 54.3 Å². The summed E-state index contributed by atoms with van der Waals surface area (Å²) in [6.45, 7) is 12.2. The Morgan fingerprint density at radius 2 is 0.864 bits per heavy atom. The quantitative estimate of drug-likeness (QED) is 0.695. The van der Waals surface area contributed by atoms with Gasteiger partial charge in [-0.05, 0) is 76.8 Å². The number of aromatic nitrogens is 6. The van der Waals surface area contributed by atoms with Crippen molar-refractivity contribution in [3.8, 4) is 0 Å². The van der Waals surface area contributed by atoms with Gasteiger partial charge in [-0.2, -0.15) is 0 Å². The van der Waals surface area contributed by atoms with E-state index in [0.717, 1.165) is 34.2 Å². The predicted molar refractivity (Wildman–Crippen MR) is 87.1 cm³/mol. The topological polar surface area (TPSA) is 53.5 Å². The molecule has 22 heavy (non-hydrogen) atoms. The van der Waals surface area contributed by atoms with E-state index in [0.29, 0.717) is 0 Å². The fourth-order valence-electron chi connectivity index (χ4n) is 2.95. The van der Waals surface area contributed by atoms with Crippen molar-refractivity contribution in [2.75, 3.05) is 0 Å². The molecule has 0 unspecified atom stereocenters. The molecule has 0 aliphatic heterocycles. The van der Waals surface area contributed by atoms with Gasteiger partial charge in [-0.25, -0.2) is 15.3 Å². The molecule has 0 saturated heterocycles. The zero-order chi connectivity index (χ0) is 16.0. The number of aryl methyl sites for hydroxylation is 6. The first-order chi connectivity index (χ1) is 10.4. The smallest absolute Gasteiger partial charge is 0.261 e. The van der Waals surface area contributed by atoms with E-state index in [-0.39, 0.29) is 7.12 Å². The third-order valence-corrected chi connectivity index (χ3v) is 3.79. The highest BCUT2D eigenvalue weighted by Gasteiger charge is 2.16. The van der Waals surface area contributed by atoms with E-state index in [1.807, 2.05) is 34.5 Å². The molecule has 3 rings (SSSR count). The Kier molecular flexibility index (Phi) is 3.43. The second kappa shape index (κ2) is 5.16. The number of hydrogen-bond donors (Lipinski definition) is 0. The van der Waals surface area contributed by atoms with E-state index in [9.17, 15) is 0 Å². The highest BCUT2D eigenvalue weighted by Crippen LogP contribution is 2.12. The third-order valence-electron chi connectivity index (χ3n) is 3.79. The van der Waals surface area contributed by atoms with Crippen LogP contribution in [0.5, 0.6) is 0 Å². The molecule has 0 saturated carbocycles. The molecule has 3 aromatic heterocycles. The maximum absolute atomic E-state index is 4.66. The zero-order valence-corrected chi connectivity index (χ0v) is 14.0. The molecule has 1 radical (unpaired) electrons. The lowest BCUT2D eigenvalue weighted by atomic mass is 9.93. The molecular weight excluding hydrogens is 275 g/mol. The lowest BCUT2D eigenvalue weighted by molar-refractivity contribution is 0.730. The minimum absolute atomic E-state index is 0.226. The van der Waals surface area contributed by atoms with Gasteiger partial charge in [0.15, 0.2) is 0 Å². The highest BCUT2D eigenvalue weighted by atomic mass is 15.5. The summed E-state index contributed by atoms with van der Waals surface area (Å²) in [4.78, 5) is 0. The predicted octanol–water partition coefficient (Wildman–Crippen LogP) is 2.06. The van der Waals surface area contributed by atoms with Crippen molar-refractivity contribution >= 4 is 7.12 Å². The summed E-state index contributed by atoms with van der Waals surface area (Å²) in [5.74, 6) is 0. The van der Waals surface area contributed by atoms with Crippen LogP contribution in [0.4, 0.5) is 0 Å². The minimum atomic E-state index is -0.226. The van der Waals surface area contributed by atoms with Crippen molar-refractivity contribution in [1.82, 2.24) is 29.1 Å². The van der Waals surface area contributed by atoms with Gasteiger partial charge in [-0.3, -0.25) is 0 Å². The monoisotopic (exact) mass is 296 g/mol. The average molecular weight is 296 g/mol. The second-order valence-electron chi connectivity index (χ2n) is 5.96. The van der Waals surface area contributed by atoms with Crippen LogP contribution in [0.3, 0.4) is 0 Å². The Bertz CT molecular complexity index is 715. The Labute approximate surface area is 130 Å². The molecule has 7 heteroatoms. The molecule has 0 aromatic carbocycles. The van der Waals surface area contributed by atoms with Crippen molar-refractivity contribution in [2.24, 2.45) is 0 Å². The van der Waals surface area contributed by atoms with E-state index in [1.165, 1.54) is 0 Å². The summed E-state index contributed by atoms with van der Waals surface area (Å²) in [6.07, 6.45) is 0. The molecular formula is C15H21BN6-. The van der Waals surface area contributed by atoms with E-state index < -0.39 is 0 Å². The Hall–Kier alpha value is -2.31. The summed E-state index contributed by atoms with van der Waals surface area (Å²) in [5, 5.41) is 14.0. The number of hydrogen-bond acceptors (Lipinski definition) is 3. The van der Waals surface area contributed by atoms with Gasteiger partial charge < -0.3 is 13.8 Å². The molecule has 0 bridgehead atoms. The molecule has 0 atom stereocenters. The standard InChI is InChI=1S/C15H21BN6/c1-10-7-13(4)20(17-10)16(21-14(5)8-11(2)18-21)22-15(6)9-12(3)19-22/h7-9H,1-6H3/q-1. The van der Waals surface area contributed by atoms with E-state index in [4.69, 9.17) is 0 Å². The van der Waals surface area contributed by atoms with Crippen molar-refractivity contribution in [1.29, 1.82) is 0 Å². The second-order valence-corrected chi connectivity index (χ2v) is 5.96. The summed E-state index contributed by atoms with van der Waals surface area (Å²) in [7, 11) is -0.226. The van der Waals surface area contributed by atoms with Gasteiger partial charge in [-0.1, -0.05) is 0 Å².